The summed E-state index contributed by atoms with van der Waals surface area (Å²) in [7, 11) is 1.54. The number of thioether (sulfide) groups is 1. The largest absolute Gasteiger partial charge is 0.379 e. The van der Waals surface area contributed by atoms with Gasteiger partial charge in [0.1, 0.15) is 5.69 Å². The quantitative estimate of drug-likeness (QED) is 0.645. The molecular formula is C14H19N3O3S. The molecule has 7 heteroatoms. The van der Waals surface area contributed by atoms with Gasteiger partial charge in [-0.1, -0.05) is 0 Å². The molecule has 1 fully saturated rings. The second-order valence-electron chi connectivity index (χ2n) is 5.00. The maximum Gasteiger partial charge on any atom is 0.292 e. The zero-order chi connectivity index (χ0) is 15.2. The molecule has 0 unspecified atom stereocenters. The van der Waals surface area contributed by atoms with Crippen LogP contribution < -0.4 is 10.6 Å². The number of carbonyl (C=O) groups excluding carboxylic acids is 1. The first-order chi connectivity index (χ1) is 10.1. The lowest BCUT2D eigenvalue weighted by molar-refractivity contribution is -0.384. The highest BCUT2D eigenvalue weighted by molar-refractivity contribution is 7.99. The van der Waals surface area contributed by atoms with Crippen molar-refractivity contribution >= 4 is 29.0 Å². The molecule has 0 atom stereocenters. The maximum atomic E-state index is 11.6. The van der Waals surface area contributed by atoms with Gasteiger partial charge in [0.15, 0.2) is 0 Å². The molecule has 1 amide bonds. The average molecular weight is 309 g/mol. The Morgan fingerprint density at radius 1 is 1.43 bits per heavy atom. The van der Waals surface area contributed by atoms with Crippen LogP contribution in [0.5, 0.6) is 0 Å². The number of hydrogen-bond acceptors (Lipinski definition) is 5. The van der Waals surface area contributed by atoms with Crippen LogP contribution in [0.25, 0.3) is 0 Å². The molecule has 114 valence electrons. The molecule has 6 nitrogen and oxygen atoms in total. The minimum atomic E-state index is -0.424. The van der Waals surface area contributed by atoms with Gasteiger partial charge in [0, 0.05) is 25.2 Å². The minimum Gasteiger partial charge on any atom is -0.379 e. The van der Waals surface area contributed by atoms with Crippen molar-refractivity contribution < 1.29 is 9.72 Å². The average Bonchev–Trinajstić information content (AvgIpc) is 2.52. The molecule has 0 radical (unpaired) electrons. The Labute approximate surface area is 127 Å². The van der Waals surface area contributed by atoms with E-state index in [1.807, 2.05) is 11.8 Å². The first-order valence-electron chi connectivity index (χ1n) is 6.94. The van der Waals surface area contributed by atoms with Gasteiger partial charge >= 0.3 is 0 Å². The third kappa shape index (κ3) is 4.10. The normalized spacial score (nSPS) is 15.5. The van der Waals surface area contributed by atoms with Gasteiger partial charge in [-0.15, -0.1) is 0 Å². The van der Waals surface area contributed by atoms with Crippen LogP contribution in [0, 0.1) is 16.0 Å². The molecule has 0 spiro atoms. The van der Waals surface area contributed by atoms with Crippen LogP contribution >= 0.6 is 11.8 Å². The van der Waals surface area contributed by atoms with Crippen molar-refractivity contribution in [3.8, 4) is 0 Å². The highest BCUT2D eigenvalue weighted by Gasteiger charge is 2.19. The van der Waals surface area contributed by atoms with Crippen LogP contribution in [0.15, 0.2) is 18.2 Å². The van der Waals surface area contributed by atoms with Gasteiger partial charge in [-0.3, -0.25) is 14.9 Å². The van der Waals surface area contributed by atoms with E-state index in [-0.39, 0.29) is 11.6 Å². The summed E-state index contributed by atoms with van der Waals surface area (Å²) in [5.74, 6) is 2.58. The number of nitro groups is 1. The topological polar surface area (TPSA) is 84.3 Å². The second-order valence-corrected chi connectivity index (χ2v) is 6.23. The number of amides is 1. The van der Waals surface area contributed by atoms with Crippen LogP contribution in [-0.4, -0.2) is 35.9 Å². The highest BCUT2D eigenvalue weighted by atomic mass is 32.2. The summed E-state index contributed by atoms with van der Waals surface area (Å²) in [6.07, 6.45) is 2.25. The number of anilines is 1. The molecule has 1 heterocycles. The first-order valence-corrected chi connectivity index (χ1v) is 8.09. The Morgan fingerprint density at radius 2 is 2.14 bits per heavy atom. The third-order valence-corrected chi connectivity index (χ3v) is 4.65. The predicted octanol–water partition coefficient (Wildman–Crippen LogP) is 2.51. The van der Waals surface area contributed by atoms with E-state index < -0.39 is 4.92 Å². The van der Waals surface area contributed by atoms with Crippen molar-refractivity contribution in [2.45, 2.75) is 12.8 Å². The van der Waals surface area contributed by atoms with E-state index in [2.05, 4.69) is 10.6 Å². The van der Waals surface area contributed by atoms with E-state index in [0.29, 0.717) is 23.7 Å². The summed E-state index contributed by atoms with van der Waals surface area (Å²) in [6.45, 7) is 0.707. The molecule has 0 bridgehead atoms. The van der Waals surface area contributed by atoms with Crippen LogP contribution in [-0.2, 0) is 0 Å². The number of benzene rings is 1. The molecule has 1 aromatic carbocycles. The van der Waals surface area contributed by atoms with E-state index >= 15 is 0 Å². The summed E-state index contributed by atoms with van der Waals surface area (Å²) in [5, 5.41) is 16.8. The number of carbonyl (C=O) groups is 1. The Kier molecular flexibility index (Phi) is 5.44. The highest BCUT2D eigenvalue weighted by Crippen LogP contribution is 2.28. The van der Waals surface area contributed by atoms with E-state index in [1.54, 1.807) is 6.07 Å². The van der Waals surface area contributed by atoms with Crippen molar-refractivity contribution in [2.24, 2.45) is 5.92 Å². The molecule has 0 aliphatic carbocycles. The fourth-order valence-electron chi connectivity index (χ4n) is 2.33. The summed E-state index contributed by atoms with van der Waals surface area (Å²) in [6, 6.07) is 4.40. The smallest absolute Gasteiger partial charge is 0.292 e. The Hall–Kier alpha value is -1.76. The SMILES string of the molecule is CNC(=O)c1ccc([N+](=O)[O-])c(NCC2CCSCC2)c1. The Balaban J connectivity index is 2.13. The fraction of sp³-hybridized carbons (Fsp3) is 0.500. The van der Waals surface area contributed by atoms with Gasteiger partial charge in [0.05, 0.1) is 4.92 Å². The maximum absolute atomic E-state index is 11.6. The molecule has 1 aliphatic rings. The molecule has 0 saturated carbocycles. The van der Waals surface area contributed by atoms with Crippen LogP contribution in [0.3, 0.4) is 0 Å². The van der Waals surface area contributed by atoms with Crippen LogP contribution in [0.4, 0.5) is 11.4 Å². The molecule has 1 aliphatic heterocycles. The molecule has 2 rings (SSSR count). The van der Waals surface area contributed by atoms with E-state index in [4.69, 9.17) is 0 Å². The van der Waals surface area contributed by atoms with Gasteiger partial charge in [0.2, 0.25) is 0 Å². The molecule has 1 saturated heterocycles. The van der Waals surface area contributed by atoms with Gasteiger partial charge in [-0.2, -0.15) is 11.8 Å². The standard InChI is InChI=1S/C14H19N3O3S/c1-15-14(18)11-2-3-13(17(19)20)12(8-11)16-9-10-4-6-21-7-5-10/h2-3,8,10,16H,4-7,9H2,1H3,(H,15,18). The van der Waals surface area contributed by atoms with Crippen molar-refractivity contribution in [3.63, 3.8) is 0 Å². The summed E-state index contributed by atoms with van der Waals surface area (Å²) < 4.78 is 0. The summed E-state index contributed by atoms with van der Waals surface area (Å²) >= 11 is 1.95. The van der Waals surface area contributed by atoms with Crippen molar-refractivity contribution in [1.82, 2.24) is 5.32 Å². The third-order valence-electron chi connectivity index (χ3n) is 3.60. The lowest BCUT2D eigenvalue weighted by Crippen LogP contribution is -2.21. The number of nitrogens with one attached hydrogen (secondary N) is 2. The molecule has 1 aromatic rings. The zero-order valence-corrected chi connectivity index (χ0v) is 12.7. The minimum absolute atomic E-state index is 0.00726. The summed E-state index contributed by atoms with van der Waals surface area (Å²) in [5.41, 5.74) is 0.844. The number of nitrogens with zero attached hydrogens (tertiary/aromatic N) is 1. The molecule has 2 N–H and O–H groups in total. The van der Waals surface area contributed by atoms with Gasteiger partial charge in [-0.05, 0) is 42.4 Å². The molecule has 21 heavy (non-hydrogen) atoms. The molecular weight excluding hydrogens is 290 g/mol. The van der Waals surface area contributed by atoms with Gasteiger partial charge < -0.3 is 10.6 Å². The van der Waals surface area contributed by atoms with Crippen molar-refractivity contribution in [2.75, 3.05) is 30.4 Å². The summed E-state index contributed by atoms with van der Waals surface area (Å²) in [4.78, 5) is 22.3. The monoisotopic (exact) mass is 309 g/mol. The fourth-order valence-corrected chi connectivity index (χ4v) is 3.53. The van der Waals surface area contributed by atoms with E-state index in [1.165, 1.54) is 19.2 Å². The second kappa shape index (κ2) is 7.31. The van der Waals surface area contributed by atoms with Crippen LogP contribution in [0.1, 0.15) is 23.2 Å². The lowest BCUT2D eigenvalue weighted by Gasteiger charge is -2.22. The Bertz CT molecular complexity index is 530. The van der Waals surface area contributed by atoms with Crippen molar-refractivity contribution in [1.29, 1.82) is 0 Å². The van der Waals surface area contributed by atoms with Gasteiger partial charge in [-0.25, -0.2) is 0 Å². The predicted molar refractivity (Wildman–Crippen MR) is 85.0 cm³/mol. The number of hydrogen-bond donors (Lipinski definition) is 2. The van der Waals surface area contributed by atoms with Crippen molar-refractivity contribution in [3.05, 3.63) is 33.9 Å². The van der Waals surface area contributed by atoms with Crippen LogP contribution in [0.2, 0.25) is 0 Å². The first kappa shape index (κ1) is 15.6. The van der Waals surface area contributed by atoms with E-state index in [9.17, 15) is 14.9 Å². The number of nitro benzene ring substituents is 1. The number of rotatable bonds is 5. The lowest BCUT2D eigenvalue weighted by atomic mass is 10.0. The van der Waals surface area contributed by atoms with Gasteiger partial charge in [0.25, 0.3) is 11.6 Å². The zero-order valence-electron chi connectivity index (χ0n) is 11.9. The molecule has 0 aromatic heterocycles. The Morgan fingerprint density at radius 3 is 2.76 bits per heavy atom. The van der Waals surface area contributed by atoms with E-state index in [0.717, 1.165) is 24.3 Å².